The van der Waals surface area contributed by atoms with Crippen LogP contribution in [0.25, 0.3) is 0 Å². The first-order chi connectivity index (χ1) is 7.31. The Morgan fingerprint density at radius 1 is 1.33 bits per heavy atom. The van der Waals surface area contributed by atoms with E-state index in [1.165, 1.54) is 12.1 Å². The zero-order valence-electron chi connectivity index (χ0n) is 8.50. The average Bonchev–Trinajstić information content (AvgIpc) is 2.30. The van der Waals surface area contributed by atoms with Gasteiger partial charge in [0.2, 0.25) is 0 Å². The Hall–Kier alpha value is -1.22. The van der Waals surface area contributed by atoms with Crippen molar-refractivity contribution in [2.45, 2.75) is 18.8 Å². The molecule has 0 bridgehead atoms. The molecule has 1 saturated heterocycles. The van der Waals surface area contributed by atoms with Crippen LogP contribution in [0, 0.1) is 5.82 Å². The number of rotatable bonds is 2. The molecule has 1 heterocycles. The van der Waals surface area contributed by atoms with Gasteiger partial charge >= 0.3 is 0 Å². The van der Waals surface area contributed by atoms with E-state index in [1.54, 1.807) is 6.07 Å². The molecule has 0 unspecified atom stereocenters. The van der Waals surface area contributed by atoms with E-state index in [0.717, 1.165) is 37.8 Å². The molecule has 1 aromatic rings. The summed E-state index contributed by atoms with van der Waals surface area (Å²) in [6, 6.07) is 4.41. The number of carbonyl (C=O) groups is 1. The molecule has 1 fully saturated rings. The second-order valence-corrected chi connectivity index (χ2v) is 3.92. The average molecular weight is 207 g/mol. The van der Waals surface area contributed by atoms with Crippen molar-refractivity contribution in [3.8, 4) is 0 Å². The highest BCUT2D eigenvalue weighted by Gasteiger charge is 2.18. The van der Waals surface area contributed by atoms with Crippen molar-refractivity contribution in [3.05, 3.63) is 35.1 Å². The fourth-order valence-corrected chi connectivity index (χ4v) is 2.14. The van der Waals surface area contributed by atoms with Gasteiger partial charge in [0.1, 0.15) is 12.1 Å². The van der Waals surface area contributed by atoms with Crippen molar-refractivity contribution in [1.82, 2.24) is 5.32 Å². The van der Waals surface area contributed by atoms with Crippen LogP contribution in [0.4, 0.5) is 4.39 Å². The van der Waals surface area contributed by atoms with Crippen molar-refractivity contribution in [2.24, 2.45) is 0 Å². The predicted octanol–water partition coefficient (Wildman–Crippen LogP) is 2.11. The van der Waals surface area contributed by atoms with Gasteiger partial charge in [0, 0.05) is 5.56 Å². The third kappa shape index (κ3) is 2.23. The first-order valence-electron chi connectivity index (χ1n) is 5.26. The summed E-state index contributed by atoms with van der Waals surface area (Å²) in [5, 5.41) is 3.25. The van der Waals surface area contributed by atoms with E-state index in [4.69, 9.17) is 0 Å². The molecule has 0 atom stereocenters. The summed E-state index contributed by atoms with van der Waals surface area (Å²) in [7, 11) is 0. The second kappa shape index (κ2) is 4.53. The summed E-state index contributed by atoms with van der Waals surface area (Å²) in [6.07, 6.45) is 2.77. The van der Waals surface area contributed by atoms with Crippen LogP contribution in [-0.4, -0.2) is 19.4 Å². The number of hydrogen-bond acceptors (Lipinski definition) is 2. The summed E-state index contributed by atoms with van der Waals surface area (Å²) >= 11 is 0. The molecule has 1 aliphatic heterocycles. The fraction of sp³-hybridized carbons (Fsp3) is 0.417. The van der Waals surface area contributed by atoms with Crippen molar-refractivity contribution in [2.75, 3.05) is 13.1 Å². The highest BCUT2D eigenvalue weighted by molar-refractivity contribution is 5.77. The van der Waals surface area contributed by atoms with E-state index in [9.17, 15) is 9.18 Å². The number of benzene rings is 1. The van der Waals surface area contributed by atoms with Gasteiger partial charge in [-0.2, -0.15) is 0 Å². The Morgan fingerprint density at radius 2 is 2.07 bits per heavy atom. The molecule has 1 aliphatic rings. The van der Waals surface area contributed by atoms with E-state index in [2.05, 4.69) is 5.32 Å². The van der Waals surface area contributed by atoms with Gasteiger partial charge in [-0.25, -0.2) is 4.39 Å². The maximum atomic E-state index is 13.1. The van der Waals surface area contributed by atoms with Gasteiger partial charge in [-0.1, -0.05) is 0 Å². The number of piperidine rings is 1. The summed E-state index contributed by atoms with van der Waals surface area (Å²) in [5.74, 6) is 0.0660. The first-order valence-corrected chi connectivity index (χ1v) is 5.26. The van der Waals surface area contributed by atoms with Gasteiger partial charge in [0.05, 0.1) is 0 Å². The number of nitrogens with one attached hydrogen (secondary N) is 1. The lowest BCUT2D eigenvalue weighted by Crippen LogP contribution is -2.27. The third-order valence-corrected chi connectivity index (χ3v) is 2.95. The number of hydrogen-bond donors (Lipinski definition) is 1. The van der Waals surface area contributed by atoms with Gasteiger partial charge in [-0.15, -0.1) is 0 Å². The van der Waals surface area contributed by atoms with Crippen molar-refractivity contribution >= 4 is 6.29 Å². The van der Waals surface area contributed by atoms with Crippen LogP contribution in [0.1, 0.15) is 34.7 Å². The Balaban J connectivity index is 2.31. The van der Waals surface area contributed by atoms with Crippen LogP contribution in [0.5, 0.6) is 0 Å². The molecule has 0 saturated carbocycles. The highest BCUT2D eigenvalue weighted by atomic mass is 19.1. The first kappa shape index (κ1) is 10.3. The van der Waals surface area contributed by atoms with E-state index in [-0.39, 0.29) is 5.82 Å². The normalized spacial score (nSPS) is 17.7. The molecule has 0 radical (unpaired) electrons. The van der Waals surface area contributed by atoms with Gasteiger partial charge in [-0.3, -0.25) is 4.79 Å². The van der Waals surface area contributed by atoms with E-state index < -0.39 is 0 Å². The second-order valence-electron chi connectivity index (χ2n) is 3.92. The molecule has 1 N–H and O–H groups in total. The molecule has 0 aliphatic carbocycles. The lowest BCUT2D eigenvalue weighted by atomic mass is 9.87. The molecule has 0 spiro atoms. The summed E-state index contributed by atoms with van der Waals surface area (Å²) in [6.45, 7) is 1.89. The molecule has 1 aromatic carbocycles. The highest BCUT2D eigenvalue weighted by Crippen LogP contribution is 2.27. The van der Waals surface area contributed by atoms with Gasteiger partial charge in [-0.05, 0) is 55.6 Å². The largest absolute Gasteiger partial charge is 0.317 e. The topological polar surface area (TPSA) is 29.1 Å². The predicted molar refractivity (Wildman–Crippen MR) is 56.6 cm³/mol. The third-order valence-electron chi connectivity index (χ3n) is 2.95. The smallest absolute Gasteiger partial charge is 0.150 e. The van der Waals surface area contributed by atoms with Crippen LogP contribution in [0.2, 0.25) is 0 Å². The van der Waals surface area contributed by atoms with Crippen LogP contribution in [-0.2, 0) is 0 Å². The molecule has 3 heteroatoms. The van der Waals surface area contributed by atoms with E-state index in [0.29, 0.717) is 11.5 Å². The zero-order chi connectivity index (χ0) is 10.7. The lowest BCUT2D eigenvalue weighted by molar-refractivity contribution is 0.112. The quantitative estimate of drug-likeness (QED) is 0.752. The van der Waals surface area contributed by atoms with Crippen molar-refractivity contribution in [3.63, 3.8) is 0 Å². The Morgan fingerprint density at radius 3 is 2.73 bits per heavy atom. The summed E-state index contributed by atoms with van der Waals surface area (Å²) < 4.78 is 13.1. The van der Waals surface area contributed by atoms with Crippen LogP contribution >= 0.6 is 0 Å². The number of carbonyl (C=O) groups excluding carboxylic acids is 1. The molecule has 2 nitrogen and oxygen atoms in total. The molecular weight excluding hydrogens is 193 g/mol. The lowest BCUT2D eigenvalue weighted by Gasteiger charge is -2.24. The number of aldehydes is 1. The minimum atomic E-state index is -0.255. The maximum Gasteiger partial charge on any atom is 0.150 e. The van der Waals surface area contributed by atoms with Gasteiger partial charge in [0.15, 0.2) is 0 Å². The van der Waals surface area contributed by atoms with Crippen molar-refractivity contribution < 1.29 is 9.18 Å². The SMILES string of the molecule is O=Cc1ccc(F)cc1C1CCNCC1. The van der Waals surface area contributed by atoms with Gasteiger partial charge < -0.3 is 5.32 Å². The van der Waals surface area contributed by atoms with E-state index in [1.807, 2.05) is 0 Å². The van der Waals surface area contributed by atoms with Crippen LogP contribution in [0.15, 0.2) is 18.2 Å². The van der Waals surface area contributed by atoms with Crippen LogP contribution < -0.4 is 5.32 Å². The zero-order valence-corrected chi connectivity index (χ0v) is 8.50. The van der Waals surface area contributed by atoms with E-state index >= 15 is 0 Å². The minimum Gasteiger partial charge on any atom is -0.317 e. The molecule has 0 aromatic heterocycles. The summed E-state index contributed by atoms with van der Waals surface area (Å²) in [5.41, 5.74) is 1.50. The monoisotopic (exact) mass is 207 g/mol. The summed E-state index contributed by atoms with van der Waals surface area (Å²) in [4.78, 5) is 10.8. The fourth-order valence-electron chi connectivity index (χ4n) is 2.14. The molecular formula is C12H14FNO. The molecule has 0 amide bonds. The Labute approximate surface area is 88.5 Å². The Bertz CT molecular complexity index is 359. The van der Waals surface area contributed by atoms with Gasteiger partial charge in [0.25, 0.3) is 0 Å². The maximum absolute atomic E-state index is 13.1. The standard InChI is InChI=1S/C12H14FNO/c13-11-2-1-10(8-15)12(7-11)9-3-5-14-6-4-9/h1-2,7-9,14H,3-6H2. The van der Waals surface area contributed by atoms with Crippen molar-refractivity contribution in [1.29, 1.82) is 0 Å². The molecule has 2 rings (SSSR count). The molecule has 80 valence electrons. The van der Waals surface area contributed by atoms with Crippen LogP contribution in [0.3, 0.4) is 0 Å². The minimum absolute atomic E-state index is 0.255. The molecule has 15 heavy (non-hydrogen) atoms. The number of halogens is 1. The Kier molecular flexibility index (Phi) is 3.11.